The van der Waals surface area contributed by atoms with Crippen LogP contribution in [0.4, 0.5) is 10.5 Å². The lowest BCUT2D eigenvalue weighted by Crippen LogP contribution is -2.53. The summed E-state index contributed by atoms with van der Waals surface area (Å²) in [5, 5.41) is 2.85. The highest BCUT2D eigenvalue weighted by atomic mass is 32.2. The number of amides is 3. The number of hydrogen-bond acceptors (Lipinski definition) is 4. The molecule has 2 fully saturated rings. The standard InChI is InChI=1S/C17H23N3O4S/c1-13-2-4-15(5-3-13)18-17(22)20-9-7-19(8-10-20)16(21)14-6-11-25(23,24)12-14/h2-5,14H,6-12H2,1H3,(H,18,22)/t14-/m0/s1. The third-order valence-corrected chi connectivity index (χ3v) is 6.53. The highest BCUT2D eigenvalue weighted by Gasteiger charge is 2.36. The number of benzene rings is 1. The maximum absolute atomic E-state index is 12.4. The minimum atomic E-state index is -3.06. The van der Waals surface area contributed by atoms with Gasteiger partial charge in [-0.25, -0.2) is 13.2 Å². The number of urea groups is 1. The Balaban J connectivity index is 1.50. The quantitative estimate of drug-likeness (QED) is 0.850. The molecule has 0 spiro atoms. The van der Waals surface area contributed by atoms with Crippen LogP contribution >= 0.6 is 0 Å². The van der Waals surface area contributed by atoms with Crippen LogP contribution in [0.1, 0.15) is 12.0 Å². The Morgan fingerprint density at radius 1 is 1.04 bits per heavy atom. The van der Waals surface area contributed by atoms with Gasteiger partial charge in [0.15, 0.2) is 9.84 Å². The number of sulfone groups is 1. The van der Waals surface area contributed by atoms with Crippen molar-refractivity contribution < 1.29 is 18.0 Å². The zero-order chi connectivity index (χ0) is 18.0. The molecule has 0 bridgehead atoms. The summed E-state index contributed by atoms with van der Waals surface area (Å²) in [6.07, 6.45) is 0.412. The van der Waals surface area contributed by atoms with Gasteiger partial charge in [0.25, 0.3) is 0 Å². The van der Waals surface area contributed by atoms with Crippen molar-refractivity contribution in [3.63, 3.8) is 0 Å². The lowest BCUT2D eigenvalue weighted by atomic mass is 10.1. The Bertz CT molecular complexity index is 753. The fraction of sp³-hybridized carbons (Fsp3) is 0.529. The third-order valence-electron chi connectivity index (χ3n) is 4.76. The molecular weight excluding hydrogens is 342 g/mol. The zero-order valence-corrected chi connectivity index (χ0v) is 15.1. The molecule has 1 N–H and O–H groups in total. The van der Waals surface area contributed by atoms with E-state index in [4.69, 9.17) is 0 Å². The number of carbonyl (C=O) groups excluding carboxylic acids is 2. The number of aryl methyl sites for hydroxylation is 1. The summed E-state index contributed by atoms with van der Waals surface area (Å²) < 4.78 is 23.1. The van der Waals surface area contributed by atoms with Crippen LogP contribution in [0.25, 0.3) is 0 Å². The average Bonchev–Trinajstić information content (AvgIpc) is 2.96. The number of nitrogens with one attached hydrogen (secondary N) is 1. The molecule has 2 heterocycles. The molecule has 2 aliphatic heterocycles. The zero-order valence-electron chi connectivity index (χ0n) is 14.3. The number of nitrogens with zero attached hydrogens (tertiary/aromatic N) is 2. The van der Waals surface area contributed by atoms with E-state index < -0.39 is 15.8 Å². The first-order valence-electron chi connectivity index (χ1n) is 8.46. The van der Waals surface area contributed by atoms with Crippen molar-refractivity contribution in [3.05, 3.63) is 29.8 Å². The molecule has 3 rings (SSSR count). The highest BCUT2D eigenvalue weighted by molar-refractivity contribution is 7.91. The fourth-order valence-corrected chi connectivity index (χ4v) is 4.95. The first-order valence-corrected chi connectivity index (χ1v) is 10.3. The van der Waals surface area contributed by atoms with E-state index in [0.29, 0.717) is 32.6 Å². The number of hydrogen-bond donors (Lipinski definition) is 1. The highest BCUT2D eigenvalue weighted by Crippen LogP contribution is 2.21. The van der Waals surface area contributed by atoms with Crippen molar-refractivity contribution in [2.45, 2.75) is 13.3 Å². The molecule has 0 radical (unpaired) electrons. The molecule has 1 aromatic carbocycles. The summed E-state index contributed by atoms with van der Waals surface area (Å²) in [6.45, 7) is 3.76. The maximum Gasteiger partial charge on any atom is 0.321 e. The monoisotopic (exact) mass is 365 g/mol. The summed E-state index contributed by atoms with van der Waals surface area (Å²) in [5.74, 6) is -0.458. The molecule has 7 nitrogen and oxygen atoms in total. The van der Waals surface area contributed by atoms with E-state index in [0.717, 1.165) is 11.3 Å². The summed E-state index contributed by atoms with van der Waals surface area (Å²) >= 11 is 0. The minimum absolute atomic E-state index is 0.0417. The van der Waals surface area contributed by atoms with Gasteiger partial charge in [-0.05, 0) is 25.5 Å². The lowest BCUT2D eigenvalue weighted by Gasteiger charge is -2.35. The number of anilines is 1. The van der Waals surface area contributed by atoms with Crippen LogP contribution in [0.3, 0.4) is 0 Å². The molecule has 0 aliphatic carbocycles. The molecule has 1 aromatic rings. The Hall–Kier alpha value is -2.09. The predicted octanol–water partition coefficient (Wildman–Crippen LogP) is 1.11. The summed E-state index contributed by atoms with van der Waals surface area (Å²) in [4.78, 5) is 28.1. The van der Waals surface area contributed by atoms with Crippen LogP contribution in [0.5, 0.6) is 0 Å². The number of carbonyl (C=O) groups is 2. The fourth-order valence-electron chi connectivity index (χ4n) is 3.22. The van der Waals surface area contributed by atoms with Gasteiger partial charge >= 0.3 is 6.03 Å². The van der Waals surface area contributed by atoms with E-state index in [1.807, 2.05) is 31.2 Å². The Labute approximate surface area is 147 Å². The van der Waals surface area contributed by atoms with E-state index in [1.54, 1.807) is 9.80 Å². The van der Waals surface area contributed by atoms with Crippen LogP contribution in [-0.4, -0.2) is 67.8 Å². The number of piperazine rings is 1. The van der Waals surface area contributed by atoms with E-state index in [9.17, 15) is 18.0 Å². The Morgan fingerprint density at radius 2 is 1.64 bits per heavy atom. The van der Waals surface area contributed by atoms with Crippen molar-refractivity contribution in [1.29, 1.82) is 0 Å². The summed E-state index contributed by atoms with van der Waals surface area (Å²) in [7, 11) is -3.06. The van der Waals surface area contributed by atoms with Crippen molar-refractivity contribution >= 4 is 27.5 Å². The van der Waals surface area contributed by atoms with Gasteiger partial charge < -0.3 is 15.1 Å². The second-order valence-electron chi connectivity index (χ2n) is 6.71. The van der Waals surface area contributed by atoms with Gasteiger partial charge in [0.05, 0.1) is 17.4 Å². The van der Waals surface area contributed by atoms with Crippen LogP contribution < -0.4 is 5.32 Å². The molecule has 136 valence electrons. The van der Waals surface area contributed by atoms with Crippen LogP contribution in [-0.2, 0) is 14.6 Å². The SMILES string of the molecule is Cc1ccc(NC(=O)N2CCN(C(=O)[C@H]3CCS(=O)(=O)C3)CC2)cc1. The van der Waals surface area contributed by atoms with Gasteiger partial charge in [-0.15, -0.1) is 0 Å². The lowest BCUT2D eigenvalue weighted by molar-refractivity contribution is -0.136. The topological polar surface area (TPSA) is 86.8 Å². The molecular formula is C17H23N3O4S. The second-order valence-corrected chi connectivity index (χ2v) is 8.94. The first kappa shape index (κ1) is 17.7. The molecule has 25 heavy (non-hydrogen) atoms. The minimum Gasteiger partial charge on any atom is -0.339 e. The van der Waals surface area contributed by atoms with Crippen LogP contribution in [0.2, 0.25) is 0 Å². The third kappa shape index (κ3) is 4.31. The van der Waals surface area contributed by atoms with Crippen molar-refractivity contribution in [1.82, 2.24) is 9.80 Å². The van der Waals surface area contributed by atoms with Gasteiger partial charge in [-0.3, -0.25) is 4.79 Å². The molecule has 8 heteroatoms. The van der Waals surface area contributed by atoms with Crippen molar-refractivity contribution in [2.24, 2.45) is 5.92 Å². The van der Waals surface area contributed by atoms with E-state index in [1.165, 1.54) is 0 Å². The molecule has 1 atom stereocenters. The van der Waals surface area contributed by atoms with Crippen LogP contribution in [0, 0.1) is 12.8 Å². The molecule has 3 amide bonds. The summed E-state index contributed by atoms with van der Waals surface area (Å²) in [5.41, 5.74) is 1.87. The largest absolute Gasteiger partial charge is 0.339 e. The van der Waals surface area contributed by atoms with Crippen molar-refractivity contribution in [2.75, 3.05) is 43.0 Å². The molecule has 0 unspecified atom stereocenters. The van der Waals surface area contributed by atoms with E-state index in [-0.39, 0.29) is 23.4 Å². The van der Waals surface area contributed by atoms with Crippen LogP contribution in [0.15, 0.2) is 24.3 Å². The maximum atomic E-state index is 12.4. The van der Waals surface area contributed by atoms with Crippen molar-refractivity contribution in [3.8, 4) is 0 Å². The molecule has 2 saturated heterocycles. The molecule has 2 aliphatic rings. The Morgan fingerprint density at radius 3 is 2.20 bits per heavy atom. The second kappa shape index (κ2) is 7.03. The van der Waals surface area contributed by atoms with Gasteiger partial charge in [0.2, 0.25) is 5.91 Å². The average molecular weight is 365 g/mol. The number of rotatable bonds is 2. The predicted molar refractivity (Wildman–Crippen MR) is 95.1 cm³/mol. The Kier molecular flexibility index (Phi) is 4.99. The van der Waals surface area contributed by atoms with Gasteiger partial charge in [0, 0.05) is 31.9 Å². The smallest absolute Gasteiger partial charge is 0.321 e. The molecule has 0 aromatic heterocycles. The van der Waals surface area contributed by atoms with Gasteiger partial charge in [-0.1, -0.05) is 17.7 Å². The molecule has 0 saturated carbocycles. The summed E-state index contributed by atoms with van der Waals surface area (Å²) in [6, 6.07) is 7.39. The van der Waals surface area contributed by atoms with Gasteiger partial charge in [0.1, 0.15) is 0 Å². The van der Waals surface area contributed by atoms with Gasteiger partial charge in [-0.2, -0.15) is 0 Å². The normalized spacial score (nSPS) is 22.7. The van der Waals surface area contributed by atoms with E-state index >= 15 is 0 Å². The first-order chi connectivity index (χ1) is 11.8. The van der Waals surface area contributed by atoms with E-state index in [2.05, 4.69) is 5.32 Å².